The fourth-order valence-corrected chi connectivity index (χ4v) is 2.38. The van der Waals surface area contributed by atoms with Crippen LogP contribution in [0.15, 0.2) is 12.3 Å². The molecule has 94 valence electrons. The predicted molar refractivity (Wildman–Crippen MR) is 68.3 cm³/mol. The highest BCUT2D eigenvalue weighted by Crippen LogP contribution is 2.25. The van der Waals surface area contributed by atoms with Crippen LogP contribution in [0, 0.1) is 0 Å². The molecule has 1 aromatic rings. The Labute approximate surface area is 102 Å². The number of aliphatic hydroxyl groups is 1. The van der Waals surface area contributed by atoms with Crippen molar-refractivity contribution in [2.75, 3.05) is 30.4 Å². The van der Waals surface area contributed by atoms with Crippen molar-refractivity contribution in [3.05, 3.63) is 12.3 Å². The van der Waals surface area contributed by atoms with Crippen molar-refractivity contribution in [2.24, 2.45) is 0 Å². The summed E-state index contributed by atoms with van der Waals surface area (Å²) < 4.78 is 0. The molecule has 0 amide bonds. The van der Waals surface area contributed by atoms with Gasteiger partial charge in [0.05, 0.1) is 0 Å². The second-order valence-electron chi connectivity index (χ2n) is 4.34. The summed E-state index contributed by atoms with van der Waals surface area (Å²) in [6, 6.07) is 2.35. The predicted octanol–water partition coefficient (Wildman–Crippen LogP) is 1.26. The maximum atomic E-state index is 9.11. The minimum Gasteiger partial charge on any atom is -0.396 e. The molecule has 2 rings (SSSR count). The Hall–Kier alpha value is -1.36. The van der Waals surface area contributed by atoms with Gasteiger partial charge in [0.1, 0.15) is 5.82 Å². The Balaban J connectivity index is 2.16. The molecule has 1 fully saturated rings. The van der Waals surface area contributed by atoms with Crippen LogP contribution in [0.25, 0.3) is 0 Å². The van der Waals surface area contributed by atoms with Gasteiger partial charge < -0.3 is 15.3 Å². The Morgan fingerprint density at radius 3 is 3.18 bits per heavy atom. The molecule has 5 nitrogen and oxygen atoms in total. The fraction of sp³-hybridized carbons (Fsp3) is 0.667. The summed E-state index contributed by atoms with van der Waals surface area (Å²) in [6.45, 7) is 1.26. The lowest BCUT2D eigenvalue weighted by Crippen LogP contribution is -2.40. The highest BCUT2D eigenvalue weighted by molar-refractivity contribution is 5.43. The summed E-state index contributed by atoms with van der Waals surface area (Å²) in [7, 11) is 1.82. The molecular formula is C12H20N4O. The Bertz CT molecular complexity index is 356. The van der Waals surface area contributed by atoms with Crippen molar-refractivity contribution < 1.29 is 5.11 Å². The van der Waals surface area contributed by atoms with Crippen LogP contribution in [0.1, 0.15) is 25.7 Å². The zero-order valence-electron chi connectivity index (χ0n) is 10.3. The van der Waals surface area contributed by atoms with Crippen LogP contribution in [0.2, 0.25) is 0 Å². The van der Waals surface area contributed by atoms with E-state index in [2.05, 4.69) is 20.2 Å². The highest BCUT2D eigenvalue weighted by Gasteiger charge is 2.23. The van der Waals surface area contributed by atoms with Crippen molar-refractivity contribution in [1.82, 2.24) is 9.97 Å². The maximum absolute atomic E-state index is 9.11. The molecule has 1 unspecified atom stereocenters. The average Bonchev–Trinajstić information content (AvgIpc) is 2.40. The molecule has 5 heteroatoms. The number of hydrogen-bond donors (Lipinski definition) is 2. The largest absolute Gasteiger partial charge is 0.396 e. The first-order valence-electron chi connectivity index (χ1n) is 6.23. The van der Waals surface area contributed by atoms with Gasteiger partial charge in [-0.15, -0.1) is 0 Å². The number of hydrogen-bond acceptors (Lipinski definition) is 5. The Kier molecular flexibility index (Phi) is 4.14. The molecule has 1 atom stereocenters. The van der Waals surface area contributed by atoms with Gasteiger partial charge in [0.15, 0.2) is 0 Å². The first kappa shape index (κ1) is 12.1. The highest BCUT2D eigenvalue weighted by atomic mass is 16.3. The number of piperidine rings is 1. The zero-order chi connectivity index (χ0) is 12.1. The van der Waals surface area contributed by atoms with E-state index in [4.69, 9.17) is 5.11 Å². The average molecular weight is 236 g/mol. The molecule has 1 aliphatic rings. The third kappa shape index (κ3) is 2.85. The van der Waals surface area contributed by atoms with Crippen LogP contribution in [-0.2, 0) is 0 Å². The van der Waals surface area contributed by atoms with Crippen LogP contribution >= 0.6 is 0 Å². The molecule has 0 spiro atoms. The Morgan fingerprint density at radius 2 is 2.41 bits per heavy atom. The van der Waals surface area contributed by atoms with E-state index >= 15 is 0 Å². The van der Waals surface area contributed by atoms with Gasteiger partial charge in [0.2, 0.25) is 5.95 Å². The van der Waals surface area contributed by atoms with E-state index in [0.29, 0.717) is 12.0 Å². The van der Waals surface area contributed by atoms with E-state index in [1.165, 1.54) is 12.8 Å². The third-order valence-corrected chi connectivity index (χ3v) is 3.25. The number of rotatable bonds is 4. The van der Waals surface area contributed by atoms with Crippen LogP contribution in [0.5, 0.6) is 0 Å². The van der Waals surface area contributed by atoms with E-state index in [1.807, 2.05) is 13.1 Å². The summed E-state index contributed by atoms with van der Waals surface area (Å²) >= 11 is 0. The first-order chi connectivity index (χ1) is 8.35. The van der Waals surface area contributed by atoms with Gasteiger partial charge in [-0.1, -0.05) is 0 Å². The monoisotopic (exact) mass is 236 g/mol. The van der Waals surface area contributed by atoms with E-state index in [9.17, 15) is 0 Å². The minimum atomic E-state index is 0.241. The van der Waals surface area contributed by atoms with Crippen LogP contribution in [0.3, 0.4) is 0 Å². The van der Waals surface area contributed by atoms with Gasteiger partial charge in [-0.2, -0.15) is 4.98 Å². The second-order valence-corrected chi connectivity index (χ2v) is 4.34. The normalized spacial score (nSPS) is 20.4. The molecule has 0 aromatic carbocycles. The zero-order valence-corrected chi connectivity index (χ0v) is 10.3. The SMILES string of the molecule is CNc1nccc(N2CCCCC2CCO)n1. The first-order valence-corrected chi connectivity index (χ1v) is 6.23. The summed E-state index contributed by atoms with van der Waals surface area (Å²) in [6.07, 6.45) is 6.17. The van der Waals surface area contributed by atoms with Crippen molar-refractivity contribution in [1.29, 1.82) is 0 Å². The summed E-state index contributed by atoms with van der Waals surface area (Å²) in [5.41, 5.74) is 0. The molecule has 0 bridgehead atoms. The smallest absolute Gasteiger partial charge is 0.224 e. The summed E-state index contributed by atoms with van der Waals surface area (Å²) in [4.78, 5) is 10.9. The molecule has 1 saturated heterocycles. The second kappa shape index (κ2) is 5.82. The molecule has 1 aliphatic heterocycles. The number of nitrogens with zero attached hydrogens (tertiary/aromatic N) is 3. The molecular weight excluding hydrogens is 216 g/mol. The van der Waals surface area contributed by atoms with Gasteiger partial charge in [-0.25, -0.2) is 4.98 Å². The van der Waals surface area contributed by atoms with Gasteiger partial charge in [-0.3, -0.25) is 0 Å². The summed E-state index contributed by atoms with van der Waals surface area (Å²) in [5.74, 6) is 1.61. The number of aromatic nitrogens is 2. The molecule has 2 N–H and O–H groups in total. The number of nitrogens with one attached hydrogen (secondary N) is 1. The molecule has 0 saturated carbocycles. The lowest BCUT2D eigenvalue weighted by Gasteiger charge is -2.36. The van der Waals surface area contributed by atoms with Gasteiger partial charge in [-0.05, 0) is 31.7 Å². The third-order valence-electron chi connectivity index (χ3n) is 3.25. The lowest BCUT2D eigenvalue weighted by atomic mass is 10.00. The van der Waals surface area contributed by atoms with Gasteiger partial charge >= 0.3 is 0 Å². The Morgan fingerprint density at radius 1 is 1.53 bits per heavy atom. The van der Waals surface area contributed by atoms with Crippen LogP contribution in [0.4, 0.5) is 11.8 Å². The molecule has 17 heavy (non-hydrogen) atoms. The van der Waals surface area contributed by atoms with E-state index in [1.54, 1.807) is 6.20 Å². The maximum Gasteiger partial charge on any atom is 0.224 e. The minimum absolute atomic E-state index is 0.241. The van der Waals surface area contributed by atoms with Crippen LogP contribution in [-0.4, -0.2) is 41.3 Å². The molecule has 1 aromatic heterocycles. The van der Waals surface area contributed by atoms with Crippen LogP contribution < -0.4 is 10.2 Å². The van der Waals surface area contributed by atoms with E-state index in [0.717, 1.165) is 25.2 Å². The van der Waals surface area contributed by atoms with Crippen molar-refractivity contribution >= 4 is 11.8 Å². The molecule has 0 aliphatic carbocycles. The van der Waals surface area contributed by atoms with Crippen molar-refractivity contribution in [3.8, 4) is 0 Å². The number of anilines is 2. The quantitative estimate of drug-likeness (QED) is 0.824. The topological polar surface area (TPSA) is 61.3 Å². The lowest BCUT2D eigenvalue weighted by molar-refractivity contribution is 0.262. The van der Waals surface area contributed by atoms with Gasteiger partial charge in [0.25, 0.3) is 0 Å². The van der Waals surface area contributed by atoms with Crippen molar-refractivity contribution in [2.45, 2.75) is 31.7 Å². The molecule has 0 radical (unpaired) electrons. The van der Waals surface area contributed by atoms with Gasteiger partial charge in [0, 0.05) is 32.4 Å². The standard InChI is InChI=1S/C12H20N4O/c1-13-12-14-7-5-11(15-12)16-8-3-2-4-10(16)6-9-17/h5,7,10,17H,2-4,6,8-9H2,1H3,(H,13,14,15). The van der Waals surface area contributed by atoms with Crippen molar-refractivity contribution in [3.63, 3.8) is 0 Å². The van der Waals surface area contributed by atoms with E-state index in [-0.39, 0.29) is 6.61 Å². The fourth-order valence-electron chi connectivity index (χ4n) is 2.38. The molecule has 2 heterocycles. The number of aliphatic hydroxyl groups excluding tert-OH is 1. The summed E-state index contributed by atoms with van der Waals surface area (Å²) in [5, 5.41) is 12.1. The van der Waals surface area contributed by atoms with E-state index < -0.39 is 0 Å².